The number of benzene rings is 1. The number of hydrogen-bond acceptors (Lipinski definition) is 7. The van der Waals surface area contributed by atoms with Crippen molar-refractivity contribution in [2.45, 2.75) is 62.4 Å². The van der Waals surface area contributed by atoms with Gasteiger partial charge in [-0.2, -0.15) is 13.2 Å². The number of aromatic nitrogens is 1. The number of morpholine rings is 1. The van der Waals surface area contributed by atoms with Crippen LogP contribution in [0.4, 0.5) is 28.0 Å². The second-order valence-corrected chi connectivity index (χ2v) is 10.1. The lowest BCUT2D eigenvalue weighted by molar-refractivity contribution is -0.124. The predicted octanol–water partition coefficient (Wildman–Crippen LogP) is 3.18. The first-order valence-electron chi connectivity index (χ1n) is 13.2. The minimum absolute atomic E-state index is 0.158. The number of alkyl carbamates (subject to hydrolysis) is 1. The largest absolute Gasteiger partial charge is 0.448 e. The number of rotatable bonds is 12. The fourth-order valence-electron chi connectivity index (χ4n) is 4.65. The number of hydrogen-bond donors (Lipinski definition) is 4. The Hall–Kier alpha value is -3.45. The van der Waals surface area contributed by atoms with Crippen molar-refractivity contribution >= 4 is 17.7 Å². The number of pyridine rings is 1. The smallest absolute Gasteiger partial charge is 0.407 e. The molecule has 5 N–H and O–H groups in total. The Balaban J connectivity index is 1.29. The van der Waals surface area contributed by atoms with Crippen molar-refractivity contribution in [3.63, 3.8) is 0 Å². The van der Waals surface area contributed by atoms with Gasteiger partial charge in [-0.05, 0) is 42.7 Å². The van der Waals surface area contributed by atoms with E-state index in [2.05, 4.69) is 21.7 Å². The number of alkyl halides is 3. The molecule has 40 heavy (non-hydrogen) atoms. The minimum Gasteiger partial charge on any atom is -0.448 e. The number of nitrogens with zero attached hydrogens (tertiary/aromatic N) is 1. The second-order valence-electron chi connectivity index (χ2n) is 10.1. The summed E-state index contributed by atoms with van der Waals surface area (Å²) in [4.78, 5) is 27.7. The molecule has 2 aromatic rings. The highest BCUT2D eigenvalue weighted by molar-refractivity contribution is 5.83. The summed E-state index contributed by atoms with van der Waals surface area (Å²) in [6.07, 6.45) is -0.0670. The van der Waals surface area contributed by atoms with Gasteiger partial charge in [-0.25, -0.2) is 9.18 Å². The zero-order valence-electron chi connectivity index (χ0n) is 21.8. The Labute approximate surface area is 229 Å². The molecule has 1 saturated heterocycles. The SMILES string of the molecule is NC(=O)[C@H](Cc1ccccc1C1CC1)Nc1cncc(F)c1CC[C@@H]1CN[C@H](COC(=O)NCC(F)(F)F)CO1. The molecular formula is C27H33F4N5O4. The lowest BCUT2D eigenvalue weighted by atomic mass is 9.96. The summed E-state index contributed by atoms with van der Waals surface area (Å²) in [7, 11) is 0. The molecule has 13 heteroatoms. The highest BCUT2D eigenvalue weighted by atomic mass is 19.4. The Morgan fingerprint density at radius 2 is 2.00 bits per heavy atom. The van der Waals surface area contributed by atoms with E-state index in [-0.39, 0.29) is 25.7 Å². The van der Waals surface area contributed by atoms with E-state index in [1.165, 1.54) is 11.8 Å². The Morgan fingerprint density at radius 3 is 2.67 bits per heavy atom. The number of halogens is 4. The van der Waals surface area contributed by atoms with E-state index >= 15 is 0 Å². The number of primary amides is 1. The molecule has 1 aliphatic carbocycles. The molecule has 2 aliphatic rings. The predicted molar refractivity (Wildman–Crippen MR) is 138 cm³/mol. The quantitative estimate of drug-likeness (QED) is 0.290. The third kappa shape index (κ3) is 8.78. The van der Waals surface area contributed by atoms with Gasteiger partial charge in [0, 0.05) is 18.5 Å². The monoisotopic (exact) mass is 567 g/mol. The molecule has 2 amide bonds. The summed E-state index contributed by atoms with van der Waals surface area (Å²) in [6.45, 7) is -1.11. The molecule has 9 nitrogen and oxygen atoms in total. The van der Waals surface area contributed by atoms with Gasteiger partial charge < -0.3 is 31.2 Å². The molecule has 1 saturated carbocycles. The lowest BCUT2D eigenvalue weighted by Crippen LogP contribution is -2.49. The first-order chi connectivity index (χ1) is 19.1. The molecule has 1 aliphatic heterocycles. The van der Waals surface area contributed by atoms with Gasteiger partial charge in [-0.1, -0.05) is 24.3 Å². The fraction of sp³-hybridized carbons (Fsp3) is 0.519. The van der Waals surface area contributed by atoms with Gasteiger partial charge in [0.25, 0.3) is 0 Å². The molecular weight excluding hydrogens is 534 g/mol. The number of nitrogens with two attached hydrogens (primary N) is 1. The number of amides is 2. The van der Waals surface area contributed by atoms with Crippen molar-refractivity contribution in [2.75, 3.05) is 31.6 Å². The highest BCUT2D eigenvalue weighted by Gasteiger charge is 2.30. The van der Waals surface area contributed by atoms with Gasteiger partial charge in [0.05, 0.1) is 36.8 Å². The van der Waals surface area contributed by atoms with Crippen molar-refractivity contribution < 1.29 is 36.6 Å². The van der Waals surface area contributed by atoms with Crippen molar-refractivity contribution in [1.82, 2.24) is 15.6 Å². The third-order valence-electron chi connectivity index (χ3n) is 6.91. The number of nitrogens with one attached hydrogen (secondary N) is 3. The van der Waals surface area contributed by atoms with Gasteiger partial charge in [0.15, 0.2) is 0 Å². The van der Waals surface area contributed by atoms with E-state index in [1.54, 1.807) is 5.32 Å². The average Bonchev–Trinajstić information content (AvgIpc) is 3.76. The van der Waals surface area contributed by atoms with Crippen LogP contribution in [0.25, 0.3) is 0 Å². The summed E-state index contributed by atoms with van der Waals surface area (Å²) in [6, 6.07) is 6.80. The molecule has 218 valence electrons. The Morgan fingerprint density at radius 1 is 1.23 bits per heavy atom. The van der Waals surface area contributed by atoms with E-state index in [1.807, 2.05) is 18.2 Å². The zero-order chi connectivity index (χ0) is 28.7. The first-order valence-corrected chi connectivity index (χ1v) is 13.2. The average molecular weight is 568 g/mol. The van der Waals surface area contributed by atoms with E-state index in [4.69, 9.17) is 15.2 Å². The summed E-state index contributed by atoms with van der Waals surface area (Å²) in [5.74, 6) is -0.578. The Kier molecular flexibility index (Phi) is 9.80. The standard InChI is InChI=1S/C27H33F4N5O4/c28-22-11-33-12-24(36-23(25(32)37)9-17-3-1-2-4-20(17)16-5-6-16)21(22)8-7-19-10-34-18(13-39-19)14-40-26(38)35-15-27(29,30)31/h1-4,11-12,16,18-19,23,34,36H,5-10,13-15H2,(H2,32,37)(H,35,38)/t18-,19+,23-/m0/s1. The van der Waals surface area contributed by atoms with Crippen LogP contribution in [-0.2, 0) is 27.1 Å². The summed E-state index contributed by atoms with van der Waals surface area (Å²) in [5, 5.41) is 7.86. The molecule has 1 aromatic heterocycles. The van der Waals surface area contributed by atoms with Crippen LogP contribution in [-0.4, -0.2) is 67.7 Å². The molecule has 2 fully saturated rings. The number of anilines is 1. The first kappa shape index (κ1) is 29.5. The maximum Gasteiger partial charge on any atom is 0.407 e. The van der Waals surface area contributed by atoms with Crippen molar-refractivity contribution in [1.29, 1.82) is 0 Å². The fourth-order valence-corrected chi connectivity index (χ4v) is 4.65. The molecule has 0 unspecified atom stereocenters. The van der Waals surface area contributed by atoms with Crippen LogP contribution in [0.1, 0.15) is 41.9 Å². The zero-order valence-corrected chi connectivity index (χ0v) is 21.8. The van der Waals surface area contributed by atoms with Crippen molar-refractivity contribution in [3.05, 3.63) is 59.2 Å². The van der Waals surface area contributed by atoms with Crippen LogP contribution in [0.3, 0.4) is 0 Å². The highest BCUT2D eigenvalue weighted by Crippen LogP contribution is 2.42. The van der Waals surface area contributed by atoms with E-state index < -0.39 is 42.6 Å². The van der Waals surface area contributed by atoms with Gasteiger partial charge in [-0.3, -0.25) is 9.78 Å². The van der Waals surface area contributed by atoms with Gasteiger partial charge in [0.2, 0.25) is 5.91 Å². The molecule has 0 spiro atoms. The van der Waals surface area contributed by atoms with Crippen molar-refractivity contribution in [3.8, 4) is 0 Å². The lowest BCUT2D eigenvalue weighted by Gasteiger charge is -2.30. The molecule has 0 radical (unpaired) electrons. The third-order valence-corrected chi connectivity index (χ3v) is 6.91. The topological polar surface area (TPSA) is 128 Å². The summed E-state index contributed by atoms with van der Waals surface area (Å²) < 4.78 is 61.9. The second kappa shape index (κ2) is 13.3. The summed E-state index contributed by atoms with van der Waals surface area (Å²) >= 11 is 0. The van der Waals surface area contributed by atoms with Crippen LogP contribution < -0.4 is 21.7 Å². The molecule has 3 atom stereocenters. The van der Waals surface area contributed by atoms with Crippen LogP contribution in [0, 0.1) is 5.82 Å². The molecule has 2 heterocycles. The maximum absolute atomic E-state index is 14.8. The van der Waals surface area contributed by atoms with Crippen LogP contribution >= 0.6 is 0 Å². The van der Waals surface area contributed by atoms with Crippen molar-refractivity contribution in [2.24, 2.45) is 5.73 Å². The molecule has 4 rings (SSSR count). The van der Waals surface area contributed by atoms with Gasteiger partial charge in [0.1, 0.15) is 25.0 Å². The Bertz CT molecular complexity index is 1170. The number of carbonyl (C=O) groups is 2. The van der Waals surface area contributed by atoms with Gasteiger partial charge in [-0.15, -0.1) is 0 Å². The van der Waals surface area contributed by atoms with E-state index in [0.717, 1.165) is 24.6 Å². The van der Waals surface area contributed by atoms with E-state index in [9.17, 15) is 27.2 Å². The van der Waals surface area contributed by atoms with E-state index in [0.29, 0.717) is 36.6 Å². The van der Waals surface area contributed by atoms with Crippen LogP contribution in [0.2, 0.25) is 0 Å². The van der Waals surface area contributed by atoms with Gasteiger partial charge >= 0.3 is 12.3 Å². The minimum atomic E-state index is -4.52. The normalized spacial score (nSPS) is 20.0. The van der Waals surface area contributed by atoms with Crippen LogP contribution in [0.5, 0.6) is 0 Å². The maximum atomic E-state index is 14.8. The number of carbonyl (C=O) groups excluding carboxylic acids is 2. The molecule has 0 bridgehead atoms. The summed E-state index contributed by atoms with van der Waals surface area (Å²) in [5.41, 5.74) is 8.69. The number of ether oxygens (including phenoxy) is 2. The molecule has 1 aromatic carbocycles. The van der Waals surface area contributed by atoms with Crippen LogP contribution in [0.15, 0.2) is 36.7 Å².